The van der Waals surface area contributed by atoms with E-state index in [9.17, 15) is 4.79 Å². The molecule has 0 radical (unpaired) electrons. The maximum atomic E-state index is 11.4. The number of nitrogens with zero attached hydrogens (tertiary/aromatic N) is 2. The van der Waals surface area contributed by atoms with Crippen LogP contribution in [0.2, 0.25) is 0 Å². The minimum atomic E-state index is 0.795. The fourth-order valence-electron chi connectivity index (χ4n) is 3.59. The monoisotopic (exact) mass is 398 g/mol. The van der Waals surface area contributed by atoms with Crippen LogP contribution in [0.25, 0.3) is 5.57 Å². The summed E-state index contributed by atoms with van der Waals surface area (Å²) in [4.78, 5) is 17.5. The molecule has 0 fully saturated rings. The van der Waals surface area contributed by atoms with Crippen LogP contribution in [0.4, 0.5) is 0 Å². The molecule has 0 aliphatic heterocycles. The van der Waals surface area contributed by atoms with E-state index < -0.39 is 0 Å². The fraction of sp³-hybridized carbons (Fsp3) is 0.259. The standard InChI is InChI=1S/C27H30N2O/c30-23-29(20-9-7-12-24-13-11-19-28-22-24)21-10-8-18-27(25-14-3-1-4-15-25)26-16-5-2-6-17-26/h1-6,11,13-19,22-23H,7-10,12,20-21H2. The molecule has 2 aromatic carbocycles. The van der Waals surface area contributed by atoms with Crippen LogP contribution >= 0.6 is 0 Å². The topological polar surface area (TPSA) is 33.2 Å². The van der Waals surface area contributed by atoms with Crippen LogP contribution in [-0.4, -0.2) is 29.4 Å². The molecular weight excluding hydrogens is 368 g/mol. The number of hydrogen-bond acceptors (Lipinski definition) is 2. The third kappa shape index (κ3) is 7.00. The SMILES string of the molecule is O=CN(CCCC=C(c1ccccc1)c1ccccc1)CCCCc1cccnc1. The molecule has 0 aliphatic rings. The van der Waals surface area contributed by atoms with E-state index in [2.05, 4.69) is 65.7 Å². The molecule has 154 valence electrons. The lowest BCUT2D eigenvalue weighted by Crippen LogP contribution is -2.24. The van der Waals surface area contributed by atoms with E-state index in [1.807, 2.05) is 29.3 Å². The number of pyridine rings is 1. The zero-order chi connectivity index (χ0) is 20.9. The van der Waals surface area contributed by atoms with Gasteiger partial charge in [-0.05, 0) is 60.4 Å². The quantitative estimate of drug-likeness (QED) is 0.286. The van der Waals surface area contributed by atoms with Crippen molar-refractivity contribution in [3.63, 3.8) is 0 Å². The Bertz CT molecular complexity index is 850. The average Bonchev–Trinajstić information content (AvgIpc) is 2.82. The predicted molar refractivity (Wildman–Crippen MR) is 124 cm³/mol. The molecule has 1 heterocycles. The number of amides is 1. The van der Waals surface area contributed by atoms with Gasteiger partial charge in [0.15, 0.2) is 0 Å². The zero-order valence-electron chi connectivity index (χ0n) is 17.5. The van der Waals surface area contributed by atoms with Crippen molar-refractivity contribution in [2.75, 3.05) is 13.1 Å². The molecule has 3 rings (SSSR count). The highest BCUT2D eigenvalue weighted by atomic mass is 16.1. The Balaban J connectivity index is 1.47. The Hall–Kier alpha value is -3.20. The molecule has 0 unspecified atom stereocenters. The van der Waals surface area contributed by atoms with Gasteiger partial charge in [-0.15, -0.1) is 0 Å². The third-order valence-corrected chi connectivity index (χ3v) is 5.20. The minimum Gasteiger partial charge on any atom is -0.345 e. The van der Waals surface area contributed by atoms with E-state index in [0.717, 1.165) is 51.6 Å². The highest BCUT2D eigenvalue weighted by Gasteiger charge is 2.05. The number of rotatable bonds is 12. The maximum absolute atomic E-state index is 11.4. The van der Waals surface area contributed by atoms with Crippen LogP contribution in [-0.2, 0) is 11.2 Å². The first-order valence-electron chi connectivity index (χ1n) is 10.8. The lowest BCUT2D eigenvalue weighted by molar-refractivity contribution is -0.118. The number of carbonyl (C=O) groups excluding carboxylic acids is 1. The summed E-state index contributed by atoms with van der Waals surface area (Å²) in [6.07, 6.45) is 12.0. The smallest absolute Gasteiger partial charge is 0.209 e. The fourth-order valence-corrected chi connectivity index (χ4v) is 3.59. The molecule has 3 heteroatoms. The number of allylic oxidation sites excluding steroid dienone is 1. The van der Waals surface area contributed by atoms with Crippen molar-refractivity contribution < 1.29 is 4.79 Å². The first-order chi connectivity index (χ1) is 14.9. The first-order valence-corrected chi connectivity index (χ1v) is 10.8. The summed E-state index contributed by atoms with van der Waals surface area (Å²) in [6.45, 7) is 1.61. The van der Waals surface area contributed by atoms with Crippen molar-refractivity contribution in [1.82, 2.24) is 9.88 Å². The van der Waals surface area contributed by atoms with Crippen LogP contribution in [0.5, 0.6) is 0 Å². The summed E-state index contributed by atoms with van der Waals surface area (Å²) in [5.74, 6) is 0. The Morgan fingerprint density at radius 3 is 2.07 bits per heavy atom. The van der Waals surface area contributed by atoms with Crippen molar-refractivity contribution in [3.8, 4) is 0 Å². The second-order valence-electron chi connectivity index (χ2n) is 7.45. The molecule has 0 saturated carbocycles. The van der Waals surface area contributed by atoms with Crippen LogP contribution in [0, 0.1) is 0 Å². The molecule has 3 nitrogen and oxygen atoms in total. The Labute approximate surface area is 180 Å². The summed E-state index contributed by atoms with van der Waals surface area (Å²) in [6, 6.07) is 25.1. The zero-order valence-corrected chi connectivity index (χ0v) is 17.5. The summed E-state index contributed by atoms with van der Waals surface area (Å²) in [5.41, 5.74) is 4.97. The maximum Gasteiger partial charge on any atom is 0.209 e. The average molecular weight is 399 g/mol. The van der Waals surface area contributed by atoms with Crippen LogP contribution in [0.3, 0.4) is 0 Å². The Morgan fingerprint density at radius 1 is 0.800 bits per heavy atom. The van der Waals surface area contributed by atoms with E-state index in [1.54, 1.807) is 6.20 Å². The number of hydrogen-bond donors (Lipinski definition) is 0. The van der Waals surface area contributed by atoms with E-state index in [0.29, 0.717) is 0 Å². The molecule has 1 aromatic heterocycles. The Kier molecular flexibility index (Phi) is 8.88. The van der Waals surface area contributed by atoms with Crippen molar-refractivity contribution >= 4 is 12.0 Å². The van der Waals surface area contributed by atoms with Gasteiger partial charge in [0.05, 0.1) is 0 Å². The highest BCUT2D eigenvalue weighted by Crippen LogP contribution is 2.24. The number of aryl methyl sites for hydroxylation is 1. The lowest BCUT2D eigenvalue weighted by Gasteiger charge is -2.17. The summed E-state index contributed by atoms with van der Waals surface area (Å²) in [5, 5.41) is 0. The molecule has 0 saturated heterocycles. The van der Waals surface area contributed by atoms with Crippen LogP contribution in [0.1, 0.15) is 42.4 Å². The molecule has 0 aliphatic carbocycles. The number of aromatic nitrogens is 1. The number of carbonyl (C=O) groups is 1. The van der Waals surface area contributed by atoms with Gasteiger partial charge in [-0.1, -0.05) is 72.8 Å². The van der Waals surface area contributed by atoms with Gasteiger partial charge in [0, 0.05) is 25.5 Å². The van der Waals surface area contributed by atoms with Gasteiger partial charge in [0.25, 0.3) is 0 Å². The van der Waals surface area contributed by atoms with Crippen LogP contribution < -0.4 is 0 Å². The molecule has 3 aromatic rings. The first kappa shape index (κ1) is 21.5. The molecule has 1 amide bonds. The number of unbranched alkanes of at least 4 members (excludes halogenated alkanes) is 2. The molecule has 30 heavy (non-hydrogen) atoms. The van der Waals surface area contributed by atoms with Crippen molar-refractivity contribution in [2.24, 2.45) is 0 Å². The number of benzene rings is 2. The van der Waals surface area contributed by atoms with E-state index >= 15 is 0 Å². The molecule has 0 atom stereocenters. The third-order valence-electron chi connectivity index (χ3n) is 5.20. The van der Waals surface area contributed by atoms with Crippen molar-refractivity contribution in [2.45, 2.75) is 32.1 Å². The molecular formula is C27H30N2O. The summed E-state index contributed by atoms with van der Waals surface area (Å²) in [7, 11) is 0. The largest absolute Gasteiger partial charge is 0.345 e. The van der Waals surface area contributed by atoms with Gasteiger partial charge in [-0.2, -0.15) is 0 Å². The van der Waals surface area contributed by atoms with E-state index in [4.69, 9.17) is 0 Å². The molecule has 0 N–H and O–H groups in total. The van der Waals surface area contributed by atoms with E-state index in [1.165, 1.54) is 22.3 Å². The van der Waals surface area contributed by atoms with Gasteiger partial charge in [0.2, 0.25) is 6.41 Å². The molecule has 0 bridgehead atoms. The predicted octanol–water partition coefficient (Wildman–Crippen LogP) is 5.77. The second-order valence-corrected chi connectivity index (χ2v) is 7.45. The lowest BCUT2D eigenvalue weighted by atomic mass is 9.96. The van der Waals surface area contributed by atoms with Crippen molar-refractivity contribution in [1.29, 1.82) is 0 Å². The van der Waals surface area contributed by atoms with Crippen LogP contribution in [0.15, 0.2) is 91.3 Å². The van der Waals surface area contributed by atoms with Crippen molar-refractivity contribution in [3.05, 3.63) is 108 Å². The Morgan fingerprint density at radius 2 is 1.47 bits per heavy atom. The summed E-state index contributed by atoms with van der Waals surface area (Å²) < 4.78 is 0. The normalized spacial score (nSPS) is 10.4. The van der Waals surface area contributed by atoms with Gasteiger partial charge in [-0.3, -0.25) is 9.78 Å². The highest BCUT2D eigenvalue weighted by molar-refractivity contribution is 5.79. The van der Waals surface area contributed by atoms with Gasteiger partial charge < -0.3 is 4.90 Å². The second kappa shape index (κ2) is 12.4. The van der Waals surface area contributed by atoms with Gasteiger partial charge in [0.1, 0.15) is 0 Å². The minimum absolute atomic E-state index is 0.795. The van der Waals surface area contributed by atoms with Gasteiger partial charge in [-0.25, -0.2) is 0 Å². The van der Waals surface area contributed by atoms with Gasteiger partial charge >= 0.3 is 0 Å². The van der Waals surface area contributed by atoms with E-state index in [-0.39, 0.29) is 0 Å². The summed E-state index contributed by atoms with van der Waals surface area (Å²) >= 11 is 0. The molecule has 0 spiro atoms.